The Bertz CT molecular complexity index is 1540. The summed E-state index contributed by atoms with van der Waals surface area (Å²) in [5.74, 6) is -1.28. The Balaban J connectivity index is 1.33. The molecular weight excluding hydrogens is 516 g/mol. The molecule has 1 unspecified atom stereocenters. The number of fused-ring (bicyclic) bond motifs is 1. The van der Waals surface area contributed by atoms with Crippen molar-refractivity contribution in [1.29, 1.82) is 0 Å². The van der Waals surface area contributed by atoms with Gasteiger partial charge in [-0.3, -0.25) is 29.5 Å². The number of hydrogen-bond acceptors (Lipinski definition) is 8. The van der Waals surface area contributed by atoms with Crippen LogP contribution in [0.3, 0.4) is 0 Å². The highest BCUT2D eigenvalue weighted by Gasteiger charge is 2.35. The van der Waals surface area contributed by atoms with Crippen molar-refractivity contribution in [2.75, 3.05) is 23.7 Å². The molecule has 0 radical (unpaired) electrons. The second-order valence-corrected chi connectivity index (χ2v) is 9.44. The molecule has 0 fully saturated rings. The molecule has 40 heavy (non-hydrogen) atoms. The maximum Gasteiger partial charge on any atom is 0.305 e. The number of anilines is 2. The average Bonchev–Trinajstić information content (AvgIpc) is 3.27. The largest absolute Gasteiger partial charge is 0.481 e. The van der Waals surface area contributed by atoms with Crippen molar-refractivity contribution >= 4 is 40.8 Å². The van der Waals surface area contributed by atoms with Crippen molar-refractivity contribution in [1.82, 2.24) is 10.2 Å². The first kappa shape index (κ1) is 26.4. The van der Waals surface area contributed by atoms with Gasteiger partial charge in [-0.25, -0.2) is 0 Å². The Morgan fingerprint density at radius 1 is 1.10 bits per heavy atom. The summed E-state index contributed by atoms with van der Waals surface area (Å²) in [6, 6.07) is 16.6. The van der Waals surface area contributed by atoms with E-state index in [4.69, 9.17) is 0 Å². The quantitative estimate of drug-likeness (QED) is 0.246. The molecule has 0 aromatic heterocycles. The van der Waals surface area contributed by atoms with E-state index in [1.165, 1.54) is 23.1 Å². The van der Waals surface area contributed by atoms with E-state index in [-0.39, 0.29) is 18.1 Å². The number of guanidine groups is 1. The van der Waals surface area contributed by atoms with Crippen LogP contribution in [-0.4, -0.2) is 51.8 Å². The van der Waals surface area contributed by atoms with E-state index in [0.29, 0.717) is 39.6 Å². The second kappa shape index (κ2) is 11.2. The summed E-state index contributed by atoms with van der Waals surface area (Å²) in [5.41, 5.74) is 2.67. The van der Waals surface area contributed by atoms with Gasteiger partial charge in [0.05, 0.1) is 17.4 Å². The number of rotatable bonds is 8. The number of hydrogen-bond donors (Lipinski definition) is 4. The van der Waals surface area contributed by atoms with Gasteiger partial charge in [0, 0.05) is 54.3 Å². The first-order valence-electron chi connectivity index (χ1n) is 12.7. The number of benzene rings is 3. The number of carbonyl (C=O) groups excluding carboxylic acids is 2. The van der Waals surface area contributed by atoms with E-state index < -0.39 is 29.3 Å². The molecule has 12 heteroatoms. The van der Waals surface area contributed by atoms with Crippen molar-refractivity contribution < 1.29 is 24.4 Å². The lowest BCUT2D eigenvalue weighted by molar-refractivity contribution is -0.385. The number of nitrogens with one attached hydrogen (secondary N) is 3. The fraction of sp³-hybridized carbons (Fsp3) is 0.214. The first-order chi connectivity index (χ1) is 19.3. The molecule has 4 N–H and O–H groups in total. The molecular formula is C28H26N6O6. The van der Waals surface area contributed by atoms with Crippen LogP contribution >= 0.6 is 0 Å². The summed E-state index contributed by atoms with van der Waals surface area (Å²) in [6.07, 6.45) is 0.542. The van der Waals surface area contributed by atoms with Crippen LogP contribution in [0.25, 0.3) is 0 Å². The fourth-order valence-electron chi connectivity index (χ4n) is 4.77. The number of aliphatic imine (C=N–C) groups is 1. The van der Waals surface area contributed by atoms with Crippen LogP contribution < -0.4 is 16.0 Å². The molecule has 0 spiro atoms. The number of aliphatic carboxylic acids is 1. The van der Waals surface area contributed by atoms with Gasteiger partial charge in [0.25, 0.3) is 17.5 Å². The average molecular weight is 543 g/mol. The van der Waals surface area contributed by atoms with Crippen LogP contribution in [-0.2, 0) is 11.3 Å². The van der Waals surface area contributed by atoms with Gasteiger partial charge in [-0.2, -0.15) is 0 Å². The number of carboxylic acids is 1. The molecule has 2 heterocycles. The molecule has 0 saturated carbocycles. The van der Waals surface area contributed by atoms with E-state index in [1.807, 2.05) is 6.07 Å². The molecule has 5 rings (SSSR count). The first-order valence-corrected chi connectivity index (χ1v) is 12.7. The number of nitrogens with zero attached hydrogens (tertiary/aromatic N) is 3. The lowest BCUT2D eigenvalue weighted by Crippen LogP contribution is -2.35. The van der Waals surface area contributed by atoms with Gasteiger partial charge in [-0.05, 0) is 47.9 Å². The van der Waals surface area contributed by atoms with Gasteiger partial charge in [-0.15, -0.1) is 0 Å². The molecule has 3 aromatic carbocycles. The van der Waals surface area contributed by atoms with Gasteiger partial charge in [0.1, 0.15) is 0 Å². The highest BCUT2D eigenvalue weighted by Crippen LogP contribution is 2.35. The van der Waals surface area contributed by atoms with Crippen molar-refractivity contribution in [2.24, 2.45) is 4.99 Å². The zero-order chi connectivity index (χ0) is 28.2. The molecule has 204 valence electrons. The Kier molecular flexibility index (Phi) is 7.40. The predicted molar refractivity (Wildman–Crippen MR) is 147 cm³/mol. The van der Waals surface area contributed by atoms with E-state index >= 15 is 0 Å². The summed E-state index contributed by atoms with van der Waals surface area (Å²) in [4.78, 5) is 54.5. The minimum Gasteiger partial charge on any atom is -0.481 e. The van der Waals surface area contributed by atoms with Crippen LogP contribution in [0.1, 0.15) is 50.7 Å². The van der Waals surface area contributed by atoms with Crippen LogP contribution in [0.4, 0.5) is 17.1 Å². The smallest absolute Gasteiger partial charge is 0.305 e. The molecule has 2 amide bonds. The maximum atomic E-state index is 13.4. The van der Waals surface area contributed by atoms with E-state index in [9.17, 15) is 29.6 Å². The molecule has 0 aliphatic carbocycles. The highest BCUT2D eigenvalue weighted by molar-refractivity contribution is 6.07. The van der Waals surface area contributed by atoms with E-state index in [1.54, 1.807) is 42.5 Å². The zero-order valence-corrected chi connectivity index (χ0v) is 21.3. The summed E-state index contributed by atoms with van der Waals surface area (Å²) < 4.78 is 0. The molecule has 0 saturated heterocycles. The predicted octanol–water partition coefficient (Wildman–Crippen LogP) is 3.78. The molecule has 1 atom stereocenters. The summed E-state index contributed by atoms with van der Waals surface area (Å²) in [5, 5.41) is 29.9. The zero-order valence-electron chi connectivity index (χ0n) is 21.3. The van der Waals surface area contributed by atoms with Crippen LogP contribution in [0, 0.1) is 10.1 Å². The van der Waals surface area contributed by atoms with E-state index in [2.05, 4.69) is 20.9 Å². The Hall–Kier alpha value is -5.26. The molecule has 2 aliphatic rings. The Labute approximate surface area is 228 Å². The topological polar surface area (TPSA) is 166 Å². The summed E-state index contributed by atoms with van der Waals surface area (Å²) in [7, 11) is 0. The van der Waals surface area contributed by atoms with Crippen molar-refractivity contribution in [3.63, 3.8) is 0 Å². The van der Waals surface area contributed by atoms with Crippen LogP contribution in [0.15, 0.2) is 71.7 Å². The van der Waals surface area contributed by atoms with Crippen LogP contribution in [0.5, 0.6) is 0 Å². The molecule has 0 bridgehead atoms. The lowest BCUT2D eigenvalue weighted by Gasteiger charge is -2.27. The van der Waals surface area contributed by atoms with Gasteiger partial charge < -0.3 is 26.0 Å². The SMILES string of the molecule is O=C(O)CC(c1cccc([N+](=O)[O-])c1)N1Cc2ccc(NC(=O)c3cccc(NC4=NCCCN4)c3)cc2C1=O. The molecule has 12 nitrogen and oxygen atoms in total. The third-order valence-electron chi connectivity index (χ3n) is 6.69. The Morgan fingerprint density at radius 3 is 2.67 bits per heavy atom. The maximum absolute atomic E-state index is 13.4. The number of nitro groups is 1. The highest BCUT2D eigenvalue weighted by atomic mass is 16.6. The van der Waals surface area contributed by atoms with Gasteiger partial charge in [0.15, 0.2) is 5.96 Å². The minimum atomic E-state index is -1.14. The number of non-ortho nitro benzene ring substituents is 1. The van der Waals surface area contributed by atoms with Crippen molar-refractivity contribution in [2.45, 2.75) is 25.4 Å². The number of nitro benzene ring substituents is 1. The summed E-state index contributed by atoms with van der Waals surface area (Å²) in [6.45, 7) is 1.68. The number of amides is 2. The second-order valence-electron chi connectivity index (χ2n) is 9.44. The number of carboxylic acid groups (broad SMARTS) is 1. The van der Waals surface area contributed by atoms with Crippen LogP contribution in [0.2, 0.25) is 0 Å². The molecule has 2 aliphatic heterocycles. The normalized spacial score (nSPS) is 14.9. The molecule has 3 aromatic rings. The third-order valence-corrected chi connectivity index (χ3v) is 6.69. The number of carbonyl (C=O) groups is 3. The summed E-state index contributed by atoms with van der Waals surface area (Å²) >= 11 is 0. The Morgan fingerprint density at radius 2 is 1.93 bits per heavy atom. The lowest BCUT2D eigenvalue weighted by atomic mass is 10.0. The van der Waals surface area contributed by atoms with Gasteiger partial charge >= 0.3 is 5.97 Å². The minimum absolute atomic E-state index is 0.134. The standard InChI is InChI=1S/C28H26N6O6/c35-25(36)15-24(17-4-2-7-22(13-17)34(39)40)33-16-19-8-9-21(14-23(19)27(33)38)31-26(37)18-5-1-6-20(12-18)32-28-29-10-3-11-30-28/h1-2,4-9,12-14,24H,3,10-11,15-16H2,(H,31,37)(H,35,36)(H2,29,30,32). The van der Waals surface area contributed by atoms with Gasteiger partial charge in [0.2, 0.25) is 0 Å². The third kappa shape index (κ3) is 5.75. The van der Waals surface area contributed by atoms with Gasteiger partial charge in [-0.1, -0.05) is 24.3 Å². The monoisotopic (exact) mass is 542 g/mol. The fourth-order valence-corrected chi connectivity index (χ4v) is 4.77. The van der Waals surface area contributed by atoms with Crippen molar-refractivity contribution in [3.05, 3.63) is 99.1 Å². The van der Waals surface area contributed by atoms with E-state index in [0.717, 1.165) is 19.5 Å². The van der Waals surface area contributed by atoms with Crippen molar-refractivity contribution in [3.8, 4) is 0 Å².